The number of hydrogen-bond acceptors (Lipinski definition) is 6. The Balaban J connectivity index is 0.00000361. The molecule has 2 atom stereocenters. The third-order valence-corrected chi connectivity index (χ3v) is 6.45. The number of para-hydroxylation sites is 1. The van der Waals surface area contributed by atoms with E-state index in [4.69, 9.17) is 11.6 Å². The Morgan fingerprint density at radius 2 is 1.69 bits per heavy atom. The molecule has 0 bridgehead atoms. The van der Waals surface area contributed by atoms with Gasteiger partial charge in [-0.05, 0) is 49.9 Å². The zero-order valence-electron chi connectivity index (χ0n) is 20.1. The number of nitrogens with zero attached hydrogens (tertiary/aromatic N) is 3. The van der Waals surface area contributed by atoms with E-state index in [1.165, 1.54) is 6.92 Å². The van der Waals surface area contributed by atoms with E-state index in [1.54, 1.807) is 18.2 Å². The topological polar surface area (TPSA) is 91.2 Å². The number of likely N-dealkylation sites (tertiary alicyclic amines) is 1. The quantitative estimate of drug-likeness (QED) is 0.243. The van der Waals surface area contributed by atoms with Gasteiger partial charge in [0, 0.05) is 28.7 Å². The van der Waals surface area contributed by atoms with Crippen LogP contribution in [-0.2, 0) is 30.8 Å². The molecule has 3 aromatic rings. The second kappa shape index (κ2) is 12.9. The van der Waals surface area contributed by atoms with Crippen molar-refractivity contribution in [3.63, 3.8) is 0 Å². The van der Waals surface area contributed by atoms with Crippen LogP contribution in [-0.4, -0.2) is 41.1 Å². The Hall–Kier alpha value is -2.86. The van der Waals surface area contributed by atoms with Crippen LogP contribution in [0.3, 0.4) is 0 Å². The molecular formula is C28H26ClN3O3Zn. The molecule has 1 aliphatic heterocycles. The van der Waals surface area contributed by atoms with E-state index in [1.807, 2.05) is 60.7 Å². The summed E-state index contributed by atoms with van der Waals surface area (Å²) in [7, 11) is 0. The normalized spacial score (nSPS) is 17.4. The first-order chi connectivity index (χ1) is 16.9. The van der Waals surface area contributed by atoms with Gasteiger partial charge in [0.25, 0.3) is 0 Å². The minimum absolute atomic E-state index is 0. The first-order valence-corrected chi connectivity index (χ1v) is 12.0. The molecule has 1 unspecified atom stereocenters. The van der Waals surface area contributed by atoms with E-state index < -0.39 is 12.0 Å². The average Bonchev–Trinajstić information content (AvgIpc) is 3.33. The van der Waals surface area contributed by atoms with E-state index in [-0.39, 0.29) is 31.4 Å². The molecule has 3 aromatic carbocycles. The molecule has 0 spiro atoms. The van der Waals surface area contributed by atoms with Gasteiger partial charge in [0.1, 0.15) is 0 Å². The second-order valence-electron chi connectivity index (χ2n) is 8.53. The molecule has 1 heterocycles. The Kier molecular flexibility index (Phi) is 9.94. The number of carboxylic acids is 1. The van der Waals surface area contributed by atoms with Crippen LogP contribution in [0.1, 0.15) is 36.5 Å². The summed E-state index contributed by atoms with van der Waals surface area (Å²) in [5.41, 5.74) is 3.21. The minimum Gasteiger partial charge on any atom is -0.861 e. The van der Waals surface area contributed by atoms with Gasteiger partial charge in [-0.3, -0.25) is 14.9 Å². The first-order valence-electron chi connectivity index (χ1n) is 11.6. The molecule has 4 rings (SSSR count). The Labute approximate surface area is 229 Å². The van der Waals surface area contributed by atoms with Crippen LogP contribution in [0.4, 0.5) is 5.69 Å². The van der Waals surface area contributed by atoms with Crippen molar-refractivity contribution in [1.29, 1.82) is 0 Å². The molecular weight excluding hydrogens is 527 g/mol. The number of benzene rings is 3. The van der Waals surface area contributed by atoms with Crippen molar-refractivity contribution in [3.05, 3.63) is 101 Å². The van der Waals surface area contributed by atoms with Crippen molar-refractivity contribution in [1.82, 2.24) is 4.90 Å². The molecule has 0 saturated carbocycles. The fourth-order valence-corrected chi connectivity index (χ4v) is 4.44. The number of carboxylic acid groups (broad SMARTS) is 1. The smallest absolute Gasteiger partial charge is 0.861 e. The van der Waals surface area contributed by atoms with Gasteiger partial charge in [0.15, 0.2) is 0 Å². The molecule has 8 heteroatoms. The molecule has 180 valence electrons. The number of carbonyl (C=O) groups excluding carboxylic acids is 1. The third-order valence-electron chi connectivity index (χ3n) is 6.08. The summed E-state index contributed by atoms with van der Waals surface area (Å²) < 4.78 is 0. The number of aliphatic imine (C=N–C) groups is 2. The summed E-state index contributed by atoms with van der Waals surface area (Å²) in [6.45, 7) is 2.83. The predicted molar refractivity (Wildman–Crippen MR) is 135 cm³/mol. The molecule has 0 aliphatic carbocycles. The fourth-order valence-electron chi connectivity index (χ4n) is 4.25. The average molecular weight is 553 g/mol. The minimum atomic E-state index is -1.27. The predicted octanol–water partition coefficient (Wildman–Crippen LogP) is 3.37. The SMILES string of the molecule is C[C@@H](N=C(c1ccccc1)c1ccccc1N=C([O-])C1CCCN1Cc1ccccc1Cl)C(=O)[O-].[Zn+2]. The summed E-state index contributed by atoms with van der Waals surface area (Å²) in [5, 5.41) is 25.5. The van der Waals surface area contributed by atoms with Crippen molar-refractivity contribution in [2.24, 2.45) is 9.98 Å². The number of aliphatic carboxylic acids is 1. The number of carbonyl (C=O) groups is 1. The molecule has 1 fully saturated rings. The molecule has 6 nitrogen and oxygen atoms in total. The Bertz CT molecular complexity index is 1250. The summed E-state index contributed by atoms with van der Waals surface area (Å²) in [6, 6.07) is 22.7. The fraction of sp³-hybridized carbons (Fsp3) is 0.250. The Morgan fingerprint density at radius 3 is 2.42 bits per heavy atom. The zero-order chi connectivity index (χ0) is 24.8. The van der Waals surface area contributed by atoms with Crippen molar-refractivity contribution >= 4 is 34.9 Å². The number of rotatable bonds is 8. The van der Waals surface area contributed by atoms with Gasteiger partial charge in [0.2, 0.25) is 0 Å². The van der Waals surface area contributed by atoms with Gasteiger partial charge < -0.3 is 15.0 Å². The summed E-state index contributed by atoms with van der Waals surface area (Å²) in [4.78, 5) is 22.5. The maximum absolute atomic E-state index is 13.4. The largest absolute Gasteiger partial charge is 2.00 e. The monoisotopic (exact) mass is 551 g/mol. The van der Waals surface area contributed by atoms with Crippen molar-refractivity contribution in [2.75, 3.05) is 6.54 Å². The van der Waals surface area contributed by atoms with E-state index in [0.717, 1.165) is 30.5 Å². The number of halogens is 1. The summed E-state index contributed by atoms with van der Waals surface area (Å²) in [5.74, 6) is -1.51. The third kappa shape index (κ3) is 6.67. The van der Waals surface area contributed by atoms with Crippen LogP contribution in [0.25, 0.3) is 0 Å². The molecule has 1 saturated heterocycles. The first kappa shape index (κ1) is 27.7. The second-order valence-corrected chi connectivity index (χ2v) is 8.93. The molecule has 0 amide bonds. The van der Waals surface area contributed by atoms with Gasteiger partial charge in [-0.15, -0.1) is 0 Å². The van der Waals surface area contributed by atoms with Crippen LogP contribution >= 0.6 is 11.6 Å². The van der Waals surface area contributed by atoms with Crippen molar-refractivity contribution in [3.8, 4) is 0 Å². The van der Waals surface area contributed by atoms with Crippen molar-refractivity contribution < 1.29 is 34.5 Å². The van der Waals surface area contributed by atoms with E-state index in [2.05, 4.69) is 14.9 Å². The van der Waals surface area contributed by atoms with Gasteiger partial charge in [-0.2, -0.15) is 0 Å². The van der Waals surface area contributed by atoms with Crippen LogP contribution in [0.5, 0.6) is 0 Å². The van der Waals surface area contributed by atoms with E-state index >= 15 is 0 Å². The van der Waals surface area contributed by atoms with E-state index in [0.29, 0.717) is 28.5 Å². The van der Waals surface area contributed by atoms with Gasteiger partial charge >= 0.3 is 19.5 Å². The molecule has 36 heavy (non-hydrogen) atoms. The maximum Gasteiger partial charge on any atom is 2.00 e. The molecule has 1 aliphatic rings. The van der Waals surface area contributed by atoms with Crippen LogP contribution in [0.2, 0.25) is 5.02 Å². The van der Waals surface area contributed by atoms with E-state index in [9.17, 15) is 15.0 Å². The van der Waals surface area contributed by atoms with Crippen LogP contribution in [0.15, 0.2) is 88.8 Å². The molecule has 0 radical (unpaired) electrons. The Morgan fingerprint density at radius 1 is 1.03 bits per heavy atom. The van der Waals surface area contributed by atoms with Gasteiger partial charge in [-0.1, -0.05) is 78.3 Å². The number of hydrogen-bond donors (Lipinski definition) is 0. The van der Waals surface area contributed by atoms with Gasteiger partial charge in [-0.25, -0.2) is 0 Å². The summed E-state index contributed by atoms with van der Waals surface area (Å²) >= 11 is 6.34. The standard InChI is InChI=1S/C28H28ClN3O3.Zn/c1-19(28(34)35)30-26(20-10-3-2-4-11-20)22-13-6-8-15-24(22)31-27(33)25-16-9-17-32(25)18-21-12-5-7-14-23(21)29;/h2-8,10-15,19,25H,9,16-18H2,1H3,(H,31,33)(H,34,35);/q;+2/p-2/t19-,25?;/m1./s1. The van der Waals surface area contributed by atoms with Gasteiger partial charge in [0.05, 0.1) is 23.4 Å². The van der Waals surface area contributed by atoms with Crippen molar-refractivity contribution in [2.45, 2.75) is 38.4 Å². The van der Waals surface area contributed by atoms with Crippen LogP contribution in [0, 0.1) is 0 Å². The summed E-state index contributed by atoms with van der Waals surface area (Å²) in [6.07, 6.45) is 1.62. The zero-order valence-corrected chi connectivity index (χ0v) is 23.9. The molecule has 0 aromatic heterocycles. The van der Waals surface area contributed by atoms with Crippen LogP contribution < -0.4 is 10.2 Å². The molecule has 0 N–H and O–H groups in total. The maximum atomic E-state index is 13.4.